The molecule has 4 aliphatic heterocycles. The second kappa shape index (κ2) is 42.6. The van der Waals surface area contributed by atoms with Crippen LogP contribution in [0.1, 0.15) is 144 Å². The van der Waals surface area contributed by atoms with Crippen LogP contribution in [0.25, 0.3) is 0 Å². The van der Waals surface area contributed by atoms with Gasteiger partial charge in [0, 0.05) is 72.4 Å². The Morgan fingerprint density at radius 1 is 0.531 bits per heavy atom. The van der Waals surface area contributed by atoms with Crippen molar-refractivity contribution in [2.45, 2.75) is 168 Å². The van der Waals surface area contributed by atoms with Crippen LogP contribution in [0.3, 0.4) is 0 Å². The molecule has 2 fully saturated rings. The van der Waals surface area contributed by atoms with Gasteiger partial charge in [-0.3, -0.25) is 24.0 Å². The second-order valence-corrected chi connectivity index (χ2v) is 31.6. The number of carbonyl (C=O) groups is 9. The summed E-state index contributed by atoms with van der Waals surface area (Å²) in [7, 11) is 0. The fourth-order valence-electron chi connectivity index (χ4n) is 10.2. The van der Waals surface area contributed by atoms with Gasteiger partial charge >= 0.3 is 162 Å². The molecule has 518 valence electrons. The molecule has 0 bridgehead atoms. The van der Waals surface area contributed by atoms with Crippen LogP contribution in [0.4, 0.5) is 30.6 Å². The first kappa shape index (κ1) is 91.7. The third-order valence-electron chi connectivity index (χ3n) is 13.9. The van der Waals surface area contributed by atoms with E-state index in [9.17, 15) is 38.4 Å². The average Bonchev–Trinajstić information content (AvgIpc) is 1.58. The molecular weight excluding hydrogens is 1980 g/mol. The maximum atomic E-state index is 13.1. The quantitative estimate of drug-likeness (QED) is 0.0207. The number of halogens is 6. The molecule has 10 rings (SSSR count). The third kappa shape index (κ3) is 29.6. The minimum absolute atomic E-state index is 0. The van der Waals surface area contributed by atoms with E-state index in [2.05, 4.69) is 131 Å². The number of benzene rings is 4. The summed E-state index contributed by atoms with van der Waals surface area (Å²) in [6.45, 7) is 24.8. The van der Waals surface area contributed by atoms with Crippen molar-refractivity contribution in [1.29, 1.82) is 0 Å². The zero-order valence-corrected chi connectivity index (χ0v) is 80.0. The molecule has 4 heterocycles. The minimum atomic E-state index is -1.06. The number of nitrogens with zero attached hydrogens (tertiary/aromatic N) is 2. The standard InChI is InChI=1S/C17H20BrNO4.C13H14BrNO3.C13H13BrO2.C10H18O5.C9H7BrO.C4H8I2O.CH2O3.2Cs.H/c1-16(2,3)23-15(21)19-13-10-11(18)4-5-12(13)17(14(19)20)6-8-22-9-7-17;1-13(2,3)18-12(17)15-10-7-9(14)5-4-8(10)6-11(15)16;14-10-1-2-11-9(7-10)8-12(15)13(11)3-5-16-6-4-13;1-9(2,3)14-7(11)13-8(12)15-10(4,5)6;10-8-2-1-6-4-9(11)5-7(6)3-8;5-1-3-7-4-2-6;2-1-4-3;;;/h4-5,10H,6-9H2,1-3H3;4-5,7H,6H2,1-3H3;1-2,7H,3-6,8H2;1-6H3;1-3H,4-5H2;1-4H2;1,3H;;;/q;;;;;;;2*+1;-1/p-1. The molecule has 21 nitrogen and oxygen atoms in total. The predicted octanol–water partition coefficient (Wildman–Crippen LogP) is 9.09. The molecular formula is C67H82Br4Cs2I2N2O19. The Hall–Kier alpha value is -0.366. The van der Waals surface area contributed by atoms with Crippen molar-refractivity contribution >= 4 is 175 Å². The summed E-state index contributed by atoms with van der Waals surface area (Å²) in [4.78, 5) is 108. The molecule has 4 aromatic rings. The maximum Gasteiger partial charge on any atom is 1.00 e. The normalized spacial score (nSPS) is 15.7. The predicted molar refractivity (Wildman–Crippen MR) is 383 cm³/mol. The van der Waals surface area contributed by atoms with Gasteiger partial charge in [0.25, 0.3) is 6.47 Å². The summed E-state index contributed by atoms with van der Waals surface area (Å²) >= 11 is 18.2. The molecule has 2 saturated heterocycles. The van der Waals surface area contributed by atoms with Crippen LogP contribution in [0, 0.1) is 0 Å². The summed E-state index contributed by atoms with van der Waals surface area (Å²) in [5.41, 5.74) is 4.18. The van der Waals surface area contributed by atoms with E-state index >= 15 is 0 Å². The number of hydrogen-bond donors (Lipinski definition) is 0. The van der Waals surface area contributed by atoms with Crippen molar-refractivity contribution in [3.63, 3.8) is 0 Å². The number of imide groups is 2. The Morgan fingerprint density at radius 3 is 1.39 bits per heavy atom. The van der Waals surface area contributed by atoms with E-state index in [-0.39, 0.29) is 169 Å². The van der Waals surface area contributed by atoms with Gasteiger partial charge < -0.3 is 49.5 Å². The van der Waals surface area contributed by atoms with Gasteiger partial charge in [0.1, 0.15) is 34.0 Å². The van der Waals surface area contributed by atoms with Crippen LogP contribution >= 0.6 is 109 Å². The average molecular weight is 2060 g/mol. The van der Waals surface area contributed by atoms with Gasteiger partial charge in [-0.1, -0.05) is 133 Å². The zero-order chi connectivity index (χ0) is 70.6. The van der Waals surface area contributed by atoms with E-state index in [1.165, 1.54) is 27.2 Å². The molecule has 0 saturated carbocycles. The van der Waals surface area contributed by atoms with Gasteiger partial charge in [0.2, 0.25) is 11.8 Å². The van der Waals surface area contributed by atoms with Crippen LogP contribution in [-0.2, 0) is 103 Å². The first-order valence-corrected chi connectivity index (χ1v) is 36.1. The molecule has 0 atom stereocenters. The van der Waals surface area contributed by atoms with Crippen molar-refractivity contribution < 1.29 is 230 Å². The maximum absolute atomic E-state index is 13.1. The molecule has 0 aromatic heterocycles. The number of ketones is 2. The number of alkyl halides is 2. The van der Waals surface area contributed by atoms with Crippen molar-refractivity contribution in [1.82, 2.24) is 0 Å². The molecule has 6 aliphatic rings. The second-order valence-electron chi connectivity index (χ2n) is 25.8. The van der Waals surface area contributed by atoms with E-state index in [1.807, 2.05) is 48.5 Å². The fourth-order valence-corrected chi connectivity index (χ4v) is 12.3. The van der Waals surface area contributed by atoms with Crippen molar-refractivity contribution in [3.05, 3.63) is 124 Å². The van der Waals surface area contributed by atoms with E-state index in [4.69, 9.17) is 43.2 Å². The summed E-state index contributed by atoms with van der Waals surface area (Å²) < 4.78 is 46.4. The summed E-state index contributed by atoms with van der Waals surface area (Å²) in [5.74, 6) is 0.252. The Morgan fingerprint density at radius 2 is 0.927 bits per heavy atom. The molecule has 29 heteroatoms. The molecule has 2 aliphatic carbocycles. The van der Waals surface area contributed by atoms with Crippen LogP contribution in [-0.4, -0.2) is 125 Å². The van der Waals surface area contributed by atoms with Gasteiger partial charge in [-0.15, -0.1) is 0 Å². The first-order valence-electron chi connectivity index (χ1n) is 29.9. The number of carbonyl (C=O) groups excluding carboxylic acids is 9. The Bertz CT molecular complexity index is 3320. The first-order chi connectivity index (χ1) is 43.8. The summed E-state index contributed by atoms with van der Waals surface area (Å²) in [6, 6.07) is 23.3. The molecule has 0 radical (unpaired) electrons. The number of Topliss-reactive ketones (excluding diaryl/α,β-unsaturated/α-hetero) is 2. The van der Waals surface area contributed by atoms with E-state index in [1.54, 1.807) is 95.2 Å². The number of fused-ring (bicyclic) bond motifs is 6. The van der Waals surface area contributed by atoms with Crippen molar-refractivity contribution in [3.8, 4) is 0 Å². The Balaban J connectivity index is 0.000000587. The van der Waals surface area contributed by atoms with Gasteiger partial charge in [-0.05, 0) is 191 Å². The van der Waals surface area contributed by atoms with Gasteiger partial charge in [0.05, 0.1) is 41.8 Å². The largest absolute Gasteiger partial charge is 1.00 e. The smallest absolute Gasteiger partial charge is 1.00 e. The third-order valence-corrected chi connectivity index (χ3v) is 16.7. The molecule has 4 amide bonds. The van der Waals surface area contributed by atoms with E-state index in [0.717, 1.165) is 68.8 Å². The monoisotopic (exact) mass is 2050 g/mol. The van der Waals surface area contributed by atoms with Crippen LogP contribution in [0.2, 0.25) is 0 Å². The molecule has 96 heavy (non-hydrogen) atoms. The minimum Gasteiger partial charge on any atom is -1.00 e. The summed E-state index contributed by atoms with van der Waals surface area (Å²) in [5, 5.41) is 8.43. The van der Waals surface area contributed by atoms with Gasteiger partial charge in [0.15, 0.2) is 0 Å². The fraction of sp³-hybridized carbons (Fsp3) is 0.507. The van der Waals surface area contributed by atoms with Crippen molar-refractivity contribution in [2.75, 3.05) is 58.3 Å². The van der Waals surface area contributed by atoms with Crippen LogP contribution in [0.5, 0.6) is 0 Å². The van der Waals surface area contributed by atoms with Crippen LogP contribution in [0.15, 0.2) is 90.7 Å². The summed E-state index contributed by atoms with van der Waals surface area (Å²) in [6.07, 6.45) is 1.58. The van der Waals surface area contributed by atoms with Gasteiger partial charge in [-0.2, -0.15) is 0 Å². The number of amides is 4. The zero-order valence-electron chi connectivity index (χ0n) is 57.7. The number of ether oxygens (including phenoxy) is 8. The number of anilines is 2. The van der Waals surface area contributed by atoms with Crippen molar-refractivity contribution in [2.24, 2.45) is 0 Å². The number of hydrogen-bond acceptors (Lipinski definition) is 19. The van der Waals surface area contributed by atoms with Gasteiger partial charge in [-0.25, -0.2) is 29.0 Å². The number of rotatable bonds is 5. The molecule has 2 spiro atoms. The van der Waals surface area contributed by atoms with E-state index < -0.39 is 52.3 Å². The Labute approximate surface area is 742 Å². The Kier molecular flexibility index (Phi) is 40.7. The molecule has 4 aromatic carbocycles. The SMILES string of the molecule is CC(C)(C)OC(=O)N1C(=O)C2(CCOCC2)c2ccc(Br)cc21.CC(C)(C)OC(=O)N1C(=O)Cc2ccc(Br)cc21.CC(C)(C)OC(=O)OC(=O)OC(C)(C)C.ICCOCCI.O=C1Cc2cc(Br)ccc2C12CCOCC2.O=C1Cc2ccc(Br)cc2C1.O=CO[O-].[Cs+].[Cs+].[H-]. The van der Waals surface area contributed by atoms with Crippen LogP contribution < -0.4 is 153 Å². The molecule has 0 unspecified atom stereocenters. The topological polar surface area (TPSA) is 266 Å². The molecule has 0 N–H and O–H groups in total. The van der Waals surface area contributed by atoms with E-state index in [0.29, 0.717) is 81.5 Å².